The number of amides is 2. The van der Waals surface area contributed by atoms with Crippen molar-refractivity contribution in [1.82, 2.24) is 10.2 Å². The molecule has 0 spiro atoms. The lowest BCUT2D eigenvalue weighted by atomic mass is 9.86. The van der Waals surface area contributed by atoms with E-state index < -0.39 is 5.41 Å². The molecule has 1 unspecified atom stereocenters. The van der Waals surface area contributed by atoms with Crippen molar-refractivity contribution in [2.24, 2.45) is 10.8 Å². The van der Waals surface area contributed by atoms with E-state index >= 15 is 0 Å². The van der Waals surface area contributed by atoms with Crippen molar-refractivity contribution in [3.05, 3.63) is 0 Å². The molecule has 0 aromatic rings. The van der Waals surface area contributed by atoms with Crippen LogP contribution in [0.3, 0.4) is 0 Å². The van der Waals surface area contributed by atoms with Crippen molar-refractivity contribution in [3.63, 3.8) is 0 Å². The summed E-state index contributed by atoms with van der Waals surface area (Å²) in [6.45, 7) is 8.40. The minimum atomic E-state index is -0.753. The van der Waals surface area contributed by atoms with E-state index in [0.29, 0.717) is 18.9 Å². The van der Waals surface area contributed by atoms with E-state index in [1.165, 1.54) is 0 Å². The van der Waals surface area contributed by atoms with Gasteiger partial charge in [-0.3, -0.25) is 9.59 Å². The van der Waals surface area contributed by atoms with Gasteiger partial charge >= 0.3 is 0 Å². The lowest BCUT2D eigenvalue weighted by molar-refractivity contribution is -0.146. The molecule has 2 saturated carbocycles. The maximum atomic E-state index is 12.6. The topological polar surface area (TPSA) is 49.4 Å². The summed E-state index contributed by atoms with van der Waals surface area (Å²) in [5, 5.41) is 2.98. The van der Waals surface area contributed by atoms with E-state index in [4.69, 9.17) is 0 Å². The Morgan fingerprint density at radius 2 is 1.79 bits per heavy atom. The summed E-state index contributed by atoms with van der Waals surface area (Å²) < 4.78 is 0. The van der Waals surface area contributed by atoms with Gasteiger partial charge in [0.2, 0.25) is 11.8 Å². The third-order valence-corrected chi connectivity index (χ3v) is 4.66. The molecule has 108 valence electrons. The van der Waals surface area contributed by atoms with Gasteiger partial charge in [-0.25, -0.2) is 0 Å². The second-order valence-corrected chi connectivity index (χ2v) is 7.29. The summed E-state index contributed by atoms with van der Waals surface area (Å²) in [6, 6.07) is 0.439. The van der Waals surface area contributed by atoms with Gasteiger partial charge in [0.1, 0.15) is 5.41 Å². The SMILES string of the molecule is CC(N(C)C(=O)C1(C(=O)NC2CC2)CC1)C(C)(C)C. The van der Waals surface area contributed by atoms with Crippen molar-refractivity contribution in [2.75, 3.05) is 7.05 Å². The van der Waals surface area contributed by atoms with Gasteiger partial charge in [-0.15, -0.1) is 0 Å². The largest absolute Gasteiger partial charge is 0.352 e. The number of nitrogens with one attached hydrogen (secondary N) is 1. The van der Waals surface area contributed by atoms with E-state index in [1.807, 2.05) is 14.0 Å². The number of hydrogen-bond donors (Lipinski definition) is 1. The highest BCUT2D eigenvalue weighted by Crippen LogP contribution is 2.48. The average Bonchev–Trinajstić information content (AvgIpc) is 3.17. The second kappa shape index (κ2) is 4.50. The molecule has 4 nitrogen and oxygen atoms in total. The number of carbonyl (C=O) groups is 2. The fourth-order valence-corrected chi connectivity index (χ4v) is 2.31. The molecule has 2 rings (SSSR count). The molecule has 0 aromatic heterocycles. The Bertz CT molecular complexity index is 389. The predicted molar refractivity (Wildman–Crippen MR) is 74.5 cm³/mol. The molecule has 0 radical (unpaired) electrons. The zero-order valence-electron chi connectivity index (χ0n) is 12.7. The Hall–Kier alpha value is -1.06. The van der Waals surface area contributed by atoms with Crippen molar-refractivity contribution in [1.29, 1.82) is 0 Å². The lowest BCUT2D eigenvalue weighted by Crippen LogP contribution is -2.50. The van der Waals surface area contributed by atoms with Gasteiger partial charge in [-0.1, -0.05) is 20.8 Å². The highest BCUT2D eigenvalue weighted by Gasteiger charge is 2.58. The molecule has 2 aliphatic rings. The van der Waals surface area contributed by atoms with Crippen LogP contribution in [0.1, 0.15) is 53.4 Å². The van der Waals surface area contributed by atoms with Crippen LogP contribution >= 0.6 is 0 Å². The highest BCUT2D eigenvalue weighted by atomic mass is 16.2. The van der Waals surface area contributed by atoms with Crippen molar-refractivity contribution in [3.8, 4) is 0 Å². The van der Waals surface area contributed by atoms with Crippen molar-refractivity contribution < 1.29 is 9.59 Å². The normalized spacial score (nSPS) is 22.6. The molecule has 0 saturated heterocycles. The molecule has 0 aliphatic heterocycles. The Balaban J connectivity index is 2.03. The van der Waals surface area contributed by atoms with Crippen LogP contribution in [-0.2, 0) is 9.59 Å². The number of hydrogen-bond acceptors (Lipinski definition) is 2. The van der Waals surface area contributed by atoms with Crippen LogP contribution in [0, 0.1) is 10.8 Å². The molecule has 1 N–H and O–H groups in total. The van der Waals surface area contributed by atoms with Gasteiger partial charge in [0.05, 0.1) is 0 Å². The third-order valence-electron chi connectivity index (χ3n) is 4.66. The van der Waals surface area contributed by atoms with Gasteiger partial charge in [-0.2, -0.15) is 0 Å². The maximum Gasteiger partial charge on any atom is 0.238 e. The predicted octanol–water partition coefficient (Wildman–Crippen LogP) is 1.94. The summed E-state index contributed by atoms with van der Waals surface area (Å²) in [4.78, 5) is 26.6. The molecule has 2 fully saturated rings. The first-order chi connectivity index (χ1) is 8.68. The van der Waals surface area contributed by atoms with Gasteiger partial charge in [0.25, 0.3) is 0 Å². The van der Waals surface area contributed by atoms with Crippen LogP contribution < -0.4 is 5.32 Å². The van der Waals surface area contributed by atoms with Gasteiger partial charge in [-0.05, 0) is 38.0 Å². The zero-order chi connectivity index (χ0) is 14.4. The first-order valence-electron chi connectivity index (χ1n) is 7.27. The lowest BCUT2D eigenvalue weighted by Gasteiger charge is -2.37. The highest BCUT2D eigenvalue weighted by molar-refractivity contribution is 6.08. The molecular formula is C15H26N2O2. The summed E-state index contributed by atoms with van der Waals surface area (Å²) in [5.41, 5.74) is -0.732. The summed E-state index contributed by atoms with van der Waals surface area (Å²) in [7, 11) is 1.82. The average molecular weight is 266 g/mol. The Kier molecular flexibility index (Phi) is 3.40. The van der Waals surface area contributed by atoms with E-state index in [9.17, 15) is 9.59 Å². The Morgan fingerprint density at radius 3 is 2.16 bits per heavy atom. The standard InChI is InChI=1S/C15H26N2O2/c1-10(14(2,3)4)17(5)13(19)15(8-9-15)12(18)16-11-6-7-11/h10-11H,6-9H2,1-5H3,(H,16,18). The summed E-state index contributed by atoms with van der Waals surface area (Å²) in [6.07, 6.45) is 3.52. The minimum absolute atomic E-state index is 0.00641. The molecule has 4 heteroatoms. The molecular weight excluding hydrogens is 240 g/mol. The van der Waals surface area contributed by atoms with Gasteiger partial charge < -0.3 is 10.2 Å². The molecule has 1 atom stereocenters. The molecule has 2 amide bonds. The van der Waals surface area contributed by atoms with Crippen LogP contribution in [0.4, 0.5) is 0 Å². The van der Waals surface area contributed by atoms with Crippen LogP contribution in [-0.4, -0.2) is 35.8 Å². The molecule has 0 bridgehead atoms. The molecule has 0 heterocycles. The minimum Gasteiger partial charge on any atom is -0.352 e. The summed E-state index contributed by atoms with van der Waals surface area (Å²) >= 11 is 0. The smallest absolute Gasteiger partial charge is 0.238 e. The Labute approximate surface area is 115 Å². The maximum absolute atomic E-state index is 12.6. The number of nitrogens with zero attached hydrogens (tertiary/aromatic N) is 1. The van der Waals surface area contributed by atoms with Crippen LogP contribution in [0.5, 0.6) is 0 Å². The first-order valence-corrected chi connectivity index (χ1v) is 7.27. The van der Waals surface area contributed by atoms with E-state index in [0.717, 1.165) is 12.8 Å². The van der Waals surface area contributed by atoms with Gasteiger partial charge in [0.15, 0.2) is 0 Å². The van der Waals surface area contributed by atoms with E-state index in [2.05, 4.69) is 26.1 Å². The van der Waals surface area contributed by atoms with Crippen LogP contribution in [0.15, 0.2) is 0 Å². The van der Waals surface area contributed by atoms with E-state index in [-0.39, 0.29) is 23.3 Å². The zero-order valence-corrected chi connectivity index (χ0v) is 12.7. The van der Waals surface area contributed by atoms with E-state index in [1.54, 1.807) is 4.90 Å². The van der Waals surface area contributed by atoms with Crippen LogP contribution in [0.2, 0.25) is 0 Å². The quantitative estimate of drug-likeness (QED) is 0.791. The second-order valence-electron chi connectivity index (χ2n) is 7.29. The fraction of sp³-hybridized carbons (Fsp3) is 0.867. The first kappa shape index (κ1) is 14.4. The van der Waals surface area contributed by atoms with Crippen molar-refractivity contribution in [2.45, 2.75) is 65.5 Å². The molecule has 19 heavy (non-hydrogen) atoms. The number of rotatable bonds is 4. The fourth-order valence-electron chi connectivity index (χ4n) is 2.31. The van der Waals surface area contributed by atoms with Crippen molar-refractivity contribution >= 4 is 11.8 Å². The summed E-state index contributed by atoms with van der Waals surface area (Å²) in [5.74, 6) is -0.0546. The molecule has 0 aromatic carbocycles. The Morgan fingerprint density at radius 1 is 1.26 bits per heavy atom. The van der Waals surface area contributed by atoms with Gasteiger partial charge in [0, 0.05) is 19.1 Å². The monoisotopic (exact) mass is 266 g/mol. The van der Waals surface area contributed by atoms with Crippen LogP contribution in [0.25, 0.3) is 0 Å². The molecule has 2 aliphatic carbocycles. The number of carbonyl (C=O) groups excluding carboxylic acids is 2. The third kappa shape index (κ3) is 2.77.